The zero-order chi connectivity index (χ0) is 12.4. The van der Waals surface area contributed by atoms with Gasteiger partial charge in [0.2, 0.25) is 0 Å². The summed E-state index contributed by atoms with van der Waals surface area (Å²) in [6.07, 6.45) is 8.82. The third-order valence-electron chi connectivity index (χ3n) is 2.97. The maximum absolute atomic E-state index is 11.5. The monoisotopic (exact) mass is 230 g/mol. The van der Waals surface area contributed by atoms with Crippen molar-refractivity contribution in [3.63, 3.8) is 0 Å². The second kappa shape index (κ2) is 4.53. The summed E-state index contributed by atoms with van der Waals surface area (Å²) in [4.78, 5) is 22.5. The Bertz CT molecular complexity index is 502. The van der Waals surface area contributed by atoms with E-state index < -0.39 is 11.9 Å². The highest BCUT2D eigenvalue weighted by molar-refractivity contribution is 6.06. The lowest BCUT2D eigenvalue weighted by Gasteiger charge is -2.08. The van der Waals surface area contributed by atoms with Gasteiger partial charge in [-0.2, -0.15) is 0 Å². The third kappa shape index (κ3) is 2.44. The summed E-state index contributed by atoms with van der Waals surface area (Å²) in [6, 6.07) is 0. The molecule has 0 aromatic carbocycles. The molecule has 0 bridgehead atoms. The van der Waals surface area contributed by atoms with E-state index in [4.69, 9.17) is 0 Å². The molecule has 0 unspecified atom stereocenters. The molecule has 0 aromatic heterocycles. The van der Waals surface area contributed by atoms with Crippen molar-refractivity contribution >= 4 is 11.9 Å². The van der Waals surface area contributed by atoms with Crippen LogP contribution in [0.4, 0.5) is 0 Å². The maximum Gasteiger partial charge on any atom is 0.342 e. The van der Waals surface area contributed by atoms with E-state index >= 15 is 0 Å². The van der Waals surface area contributed by atoms with Crippen LogP contribution in [0.3, 0.4) is 0 Å². The van der Waals surface area contributed by atoms with Crippen molar-refractivity contribution in [2.75, 3.05) is 0 Å². The fourth-order valence-electron chi connectivity index (χ4n) is 1.96. The third-order valence-corrected chi connectivity index (χ3v) is 2.97. The van der Waals surface area contributed by atoms with Crippen molar-refractivity contribution in [2.45, 2.75) is 26.7 Å². The van der Waals surface area contributed by atoms with Crippen LogP contribution >= 0.6 is 0 Å². The number of allylic oxidation sites excluding steroid dienone is 7. The van der Waals surface area contributed by atoms with Gasteiger partial charge in [0.25, 0.3) is 0 Å². The van der Waals surface area contributed by atoms with Crippen molar-refractivity contribution in [2.24, 2.45) is 0 Å². The molecular formula is C14H14O3. The van der Waals surface area contributed by atoms with Crippen molar-refractivity contribution < 1.29 is 14.3 Å². The molecule has 17 heavy (non-hydrogen) atoms. The number of carbonyl (C=O) groups excluding carboxylic acids is 2. The average Bonchev–Trinajstić information content (AvgIpc) is 2.49. The highest BCUT2D eigenvalue weighted by Gasteiger charge is 2.29. The molecule has 0 aromatic rings. The number of rotatable bonds is 1. The second-order valence-electron chi connectivity index (χ2n) is 4.31. The van der Waals surface area contributed by atoms with Gasteiger partial charge < -0.3 is 4.74 Å². The molecule has 3 heteroatoms. The number of cyclic esters (lactones) is 2. The lowest BCUT2D eigenvalue weighted by atomic mass is 9.95. The van der Waals surface area contributed by atoms with E-state index in [-0.39, 0.29) is 6.42 Å². The Balaban J connectivity index is 2.35. The lowest BCUT2D eigenvalue weighted by Crippen LogP contribution is -2.00. The van der Waals surface area contributed by atoms with E-state index in [0.29, 0.717) is 5.57 Å². The van der Waals surface area contributed by atoms with Gasteiger partial charge >= 0.3 is 11.9 Å². The van der Waals surface area contributed by atoms with Crippen molar-refractivity contribution in [3.05, 3.63) is 46.6 Å². The average molecular weight is 230 g/mol. The van der Waals surface area contributed by atoms with E-state index in [0.717, 1.165) is 17.6 Å². The van der Waals surface area contributed by atoms with Gasteiger partial charge in [0.1, 0.15) is 0 Å². The lowest BCUT2D eigenvalue weighted by molar-refractivity contribution is -0.151. The predicted molar refractivity (Wildman–Crippen MR) is 64.0 cm³/mol. The summed E-state index contributed by atoms with van der Waals surface area (Å²) in [5.74, 6) is -0.954. The minimum absolute atomic E-state index is 0.0917. The minimum atomic E-state index is -0.497. The smallest absolute Gasteiger partial charge is 0.342 e. The molecule has 0 N–H and O–H groups in total. The molecule has 1 fully saturated rings. The Morgan fingerprint density at radius 1 is 1.18 bits per heavy atom. The highest BCUT2D eigenvalue weighted by Crippen LogP contribution is 2.28. The molecule has 2 rings (SSSR count). The predicted octanol–water partition coefficient (Wildman–Crippen LogP) is 2.61. The van der Waals surface area contributed by atoms with Gasteiger partial charge in [-0.25, -0.2) is 4.79 Å². The van der Waals surface area contributed by atoms with Crippen LogP contribution < -0.4 is 0 Å². The Kier molecular flexibility index (Phi) is 3.09. The zero-order valence-corrected chi connectivity index (χ0v) is 9.95. The van der Waals surface area contributed by atoms with Gasteiger partial charge in [-0.3, -0.25) is 4.79 Å². The van der Waals surface area contributed by atoms with Crippen LogP contribution in [0.2, 0.25) is 0 Å². The van der Waals surface area contributed by atoms with Crippen LogP contribution in [-0.4, -0.2) is 11.9 Å². The normalized spacial score (nSPS) is 22.9. The van der Waals surface area contributed by atoms with Crippen LogP contribution in [0.25, 0.3) is 0 Å². The quantitative estimate of drug-likeness (QED) is 0.395. The summed E-state index contributed by atoms with van der Waals surface area (Å²) >= 11 is 0. The maximum atomic E-state index is 11.5. The van der Waals surface area contributed by atoms with Crippen LogP contribution in [0.1, 0.15) is 26.7 Å². The molecule has 1 aliphatic heterocycles. The summed E-state index contributed by atoms with van der Waals surface area (Å²) in [6.45, 7) is 3.91. The molecule has 1 saturated heterocycles. The van der Waals surface area contributed by atoms with Gasteiger partial charge in [-0.05, 0) is 31.4 Å². The number of hydrogen-bond donors (Lipinski definition) is 0. The summed E-state index contributed by atoms with van der Waals surface area (Å²) < 4.78 is 4.55. The molecule has 0 atom stereocenters. The number of esters is 2. The minimum Gasteiger partial charge on any atom is -0.389 e. The van der Waals surface area contributed by atoms with Crippen molar-refractivity contribution in [1.82, 2.24) is 0 Å². The topological polar surface area (TPSA) is 43.4 Å². The van der Waals surface area contributed by atoms with Gasteiger partial charge in [-0.15, -0.1) is 0 Å². The van der Waals surface area contributed by atoms with Crippen LogP contribution in [0.5, 0.6) is 0 Å². The molecule has 0 spiro atoms. The van der Waals surface area contributed by atoms with E-state index in [2.05, 4.69) is 4.74 Å². The first-order valence-corrected chi connectivity index (χ1v) is 5.56. The molecule has 88 valence electrons. The van der Waals surface area contributed by atoms with Crippen LogP contribution in [-0.2, 0) is 14.3 Å². The second-order valence-corrected chi connectivity index (χ2v) is 4.31. The van der Waals surface area contributed by atoms with Gasteiger partial charge in [0, 0.05) is 0 Å². The largest absolute Gasteiger partial charge is 0.389 e. The van der Waals surface area contributed by atoms with Crippen molar-refractivity contribution in [1.29, 1.82) is 0 Å². The number of carbonyl (C=O) groups is 2. The van der Waals surface area contributed by atoms with Crippen molar-refractivity contribution in [3.8, 4) is 0 Å². The Hall–Kier alpha value is -1.90. The first-order valence-electron chi connectivity index (χ1n) is 5.56. The summed E-state index contributed by atoms with van der Waals surface area (Å²) in [7, 11) is 0. The van der Waals surface area contributed by atoms with E-state index in [1.807, 2.05) is 38.2 Å². The van der Waals surface area contributed by atoms with Gasteiger partial charge in [0.15, 0.2) is 0 Å². The van der Waals surface area contributed by atoms with Crippen LogP contribution in [0, 0.1) is 0 Å². The van der Waals surface area contributed by atoms with Gasteiger partial charge in [0.05, 0.1) is 12.0 Å². The Labute approximate surface area is 100 Å². The van der Waals surface area contributed by atoms with E-state index in [1.165, 1.54) is 5.57 Å². The Morgan fingerprint density at radius 2 is 1.88 bits per heavy atom. The fourth-order valence-corrected chi connectivity index (χ4v) is 1.96. The first-order chi connectivity index (χ1) is 8.08. The molecule has 1 aliphatic carbocycles. The first kappa shape index (κ1) is 11.6. The summed E-state index contributed by atoms with van der Waals surface area (Å²) in [5, 5.41) is 0. The Morgan fingerprint density at radius 3 is 2.53 bits per heavy atom. The molecule has 0 radical (unpaired) electrons. The number of ether oxygens (including phenoxy) is 1. The molecule has 0 saturated carbocycles. The molecule has 2 aliphatic rings. The van der Waals surface area contributed by atoms with Crippen LogP contribution in [0.15, 0.2) is 46.6 Å². The SMILES string of the molecule is CC1=CC=CC=C(C(C)=C2CC(=O)OC2=O)C1. The van der Waals surface area contributed by atoms with E-state index in [1.54, 1.807) is 0 Å². The number of hydrogen-bond acceptors (Lipinski definition) is 3. The molecular weight excluding hydrogens is 216 g/mol. The van der Waals surface area contributed by atoms with Gasteiger partial charge in [-0.1, -0.05) is 29.9 Å². The molecule has 1 heterocycles. The summed E-state index contributed by atoms with van der Waals surface area (Å²) in [5.41, 5.74) is 3.64. The fraction of sp³-hybridized carbons (Fsp3) is 0.286. The van der Waals surface area contributed by atoms with E-state index in [9.17, 15) is 9.59 Å². The standard InChI is InChI=1S/C14H14O3/c1-9-5-3-4-6-11(7-9)10(2)12-8-13(15)17-14(12)16/h3-6H,7-8H2,1-2H3. The zero-order valence-electron chi connectivity index (χ0n) is 9.95. The molecule has 3 nitrogen and oxygen atoms in total. The highest BCUT2D eigenvalue weighted by atomic mass is 16.6. The molecule has 0 amide bonds.